The van der Waals surface area contributed by atoms with Gasteiger partial charge in [0.05, 0.1) is 12.1 Å². The summed E-state index contributed by atoms with van der Waals surface area (Å²) in [4.78, 5) is 43.6. The van der Waals surface area contributed by atoms with E-state index in [0.29, 0.717) is 28.7 Å². The monoisotopic (exact) mass is 340 g/mol. The van der Waals surface area contributed by atoms with Crippen molar-refractivity contribution >= 4 is 35.5 Å². The molecule has 0 aromatic rings. The molecule has 0 aliphatic carbocycles. The topological polar surface area (TPSA) is 114 Å². The van der Waals surface area contributed by atoms with Crippen LogP contribution in [0.3, 0.4) is 0 Å². The molecule has 2 saturated heterocycles. The lowest BCUT2D eigenvalue weighted by atomic mass is 10.0. The van der Waals surface area contributed by atoms with Crippen molar-refractivity contribution in [3.8, 4) is 0 Å². The third-order valence-corrected chi connectivity index (χ3v) is 5.72. The number of hydroxylamine groups is 2. The minimum atomic E-state index is -0.532. The Morgan fingerprint density at radius 1 is 1.35 bits per heavy atom. The minimum Gasteiger partial charge on any atom is -0.370 e. The highest BCUT2D eigenvalue weighted by Gasteiger charge is 2.40. The van der Waals surface area contributed by atoms with Crippen molar-refractivity contribution in [1.82, 2.24) is 10.4 Å². The summed E-state index contributed by atoms with van der Waals surface area (Å²) >= 11 is 1.88. The second-order valence-corrected chi connectivity index (χ2v) is 7.19. The molecule has 8 nitrogen and oxygen atoms in total. The first-order chi connectivity index (χ1) is 11.0. The van der Waals surface area contributed by atoms with Crippen LogP contribution in [0.4, 0.5) is 0 Å². The summed E-state index contributed by atoms with van der Waals surface area (Å²) in [5.41, 5.74) is 5.69. The third-order valence-electron chi connectivity index (χ3n) is 4.22. The molecule has 0 radical (unpaired) electrons. The first-order valence-electron chi connectivity index (χ1n) is 7.82. The number of carbonyl (C=O) groups is 3. The van der Waals surface area contributed by atoms with Crippen molar-refractivity contribution in [2.24, 2.45) is 10.7 Å². The van der Waals surface area contributed by atoms with E-state index in [-0.39, 0.29) is 25.3 Å². The Morgan fingerprint density at radius 3 is 2.83 bits per heavy atom. The largest absolute Gasteiger partial charge is 0.370 e. The van der Waals surface area contributed by atoms with Crippen LogP contribution in [0.2, 0.25) is 0 Å². The number of fused-ring (bicyclic) bond motifs is 1. The zero-order chi connectivity index (χ0) is 16.4. The molecule has 3 atom stereocenters. The molecule has 0 bridgehead atoms. The Bertz CT molecular complexity index is 537. The van der Waals surface area contributed by atoms with E-state index in [1.54, 1.807) is 0 Å². The number of nitrogens with two attached hydrogens (primary N) is 1. The number of hydrogen-bond donors (Lipinski definition) is 2. The lowest BCUT2D eigenvalue weighted by molar-refractivity contribution is -0.197. The quantitative estimate of drug-likeness (QED) is 0.513. The van der Waals surface area contributed by atoms with Gasteiger partial charge in [-0.05, 0) is 12.8 Å². The second-order valence-electron chi connectivity index (χ2n) is 5.92. The van der Waals surface area contributed by atoms with Crippen LogP contribution in [0.5, 0.6) is 0 Å². The van der Waals surface area contributed by atoms with Gasteiger partial charge in [-0.25, -0.2) is 9.79 Å². The summed E-state index contributed by atoms with van der Waals surface area (Å²) in [6.07, 6.45) is 2.92. The highest BCUT2D eigenvalue weighted by Crippen LogP contribution is 2.35. The van der Waals surface area contributed by atoms with Crippen molar-refractivity contribution in [2.75, 3.05) is 5.75 Å². The SMILES string of the molecule is NC1=NC2C(CS[C@H]2CCCCC(=O)ON2C(=O)CCC2=O)N1. The summed E-state index contributed by atoms with van der Waals surface area (Å²) in [7, 11) is 0. The average Bonchev–Trinajstić information content (AvgIpc) is 3.14. The number of rotatable bonds is 6. The van der Waals surface area contributed by atoms with Gasteiger partial charge in [0.2, 0.25) is 0 Å². The Morgan fingerprint density at radius 2 is 2.09 bits per heavy atom. The van der Waals surface area contributed by atoms with E-state index in [0.717, 1.165) is 18.6 Å². The number of amides is 2. The highest BCUT2D eigenvalue weighted by molar-refractivity contribution is 8.00. The fraction of sp³-hybridized carbons (Fsp3) is 0.714. The van der Waals surface area contributed by atoms with Gasteiger partial charge in [-0.15, -0.1) is 5.06 Å². The Hall–Kier alpha value is -1.77. The highest BCUT2D eigenvalue weighted by atomic mass is 32.2. The molecule has 23 heavy (non-hydrogen) atoms. The van der Waals surface area contributed by atoms with Crippen LogP contribution < -0.4 is 11.1 Å². The molecular formula is C14H20N4O4S. The normalized spacial score (nSPS) is 29.5. The lowest BCUT2D eigenvalue weighted by Crippen LogP contribution is -2.38. The predicted octanol–water partition coefficient (Wildman–Crippen LogP) is -0.0755. The molecule has 3 N–H and O–H groups in total. The molecule has 0 aromatic carbocycles. The second kappa shape index (κ2) is 6.77. The molecule has 3 aliphatic rings. The summed E-state index contributed by atoms with van der Waals surface area (Å²) in [6.45, 7) is 0. The van der Waals surface area contributed by atoms with Gasteiger partial charge in [0.1, 0.15) is 0 Å². The molecule has 0 saturated carbocycles. The van der Waals surface area contributed by atoms with E-state index in [4.69, 9.17) is 10.6 Å². The van der Waals surface area contributed by atoms with Crippen molar-refractivity contribution < 1.29 is 19.2 Å². The van der Waals surface area contributed by atoms with Crippen molar-refractivity contribution in [3.05, 3.63) is 0 Å². The summed E-state index contributed by atoms with van der Waals surface area (Å²) in [6, 6.07) is 0.564. The number of nitrogens with one attached hydrogen (secondary N) is 1. The van der Waals surface area contributed by atoms with Gasteiger partial charge in [0.15, 0.2) is 5.96 Å². The van der Waals surface area contributed by atoms with Crippen LogP contribution in [-0.4, -0.2) is 51.9 Å². The number of carbonyl (C=O) groups excluding carboxylic acids is 3. The van der Waals surface area contributed by atoms with Gasteiger partial charge in [0, 0.05) is 30.3 Å². The molecule has 2 unspecified atom stereocenters. The Labute approximate surface area is 138 Å². The smallest absolute Gasteiger partial charge is 0.333 e. The van der Waals surface area contributed by atoms with Gasteiger partial charge in [-0.2, -0.15) is 11.8 Å². The van der Waals surface area contributed by atoms with Gasteiger partial charge >= 0.3 is 5.97 Å². The Balaban J connectivity index is 1.35. The van der Waals surface area contributed by atoms with E-state index >= 15 is 0 Å². The van der Waals surface area contributed by atoms with Crippen LogP contribution >= 0.6 is 11.8 Å². The maximum atomic E-state index is 11.7. The minimum absolute atomic E-state index is 0.116. The fourth-order valence-corrected chi connectivity index (χ4v) is 4.56. The zero-order valence-electron chi connectivity index (χ0n) is 12.7. The molecule has 0 spiro atoms. The van der Waals surface area contributed by atoms with E-state index < -0.39 is 17.8 Å². The number of unbranched alkanes of at least 4 members (excludes halogenated alkanes) is 1. The average molecular weight is 340 g/mol. The molecule has 0 aromatic heterocycles. The number of aliphatic imine (C=N–C) groups is 1. The summed E-state index contributed by atoms with van der Waals surface area (Å²) in [5, 5.41) is 4.19. The molecule has 9 heteroatoms. The number of nitrogens with zero attached hydrogens (tertiary/aromatic N) is 2. The van der Waals surface area contributed by atoms with Gasteiger partial charge in [-0.3, -0.25) is 9.59 Å². The van der Waals surface area contributed by atoms with E-state index in [1.165, 1.54) is 0 Å². The fourth-order valence-electron chi connectivity index (χ4n) is 3.05. The molecule has 3 heterocycles. The molecule has 2 fully saturated rings. The zero-order valence-corrected chi connectivity index (χ0v) is 13.5. The third kappa shape index (κ3) is 3.60. The summed E-state index contributed by atoms with van der Waals surface area (Å²) < 4.78 is 0. The van der Waals surface area contributed by atoms with Crippen LogP contribution in [0, 0.1) is 0 Å². The molecule has 2 amide bonds. The van der Waals surface area contributed by atoms with E-state index in [1.807, 2.05) is 11.8 Å². The lowest BCUT2D eigenvalue weighted by Gasteiger charge is -2.15. The maximum absolute atomic E-state index is 11.7. The molecule has 126 valence electrons. The van der Waals surface area contributed by atoms with Crippen molar-refractivity contribution in [3.63, 3.8) is 0 Å². The van der Waals surface area contributed by atoms with Gasteiger partial charge in [-0.1, -0.05) is 6.42 Å². The van der Waals surface area contributed by atoms with Crippen LogP contribution in [0.1, 0.15) is 38.5 Å². The molecule has 3 aliphatic heterocycles. The summed E-state index contributed by atoms with van der Waals surface area (Å²) in [5.74, 6) is 0.104. The maximum Gasteiger partial charge on any atom is 0.333 e. The van der Waals surface area contributed by atoms with Gasteiger partial charge in [0.25, 0.3) is 11.8 Å². The Kier molecular flexibility index (Phi) is 4.74. The predicted molar refractivity (Wildman–Crippen MR) is 84.2 cm³/mol. The van der Waals surface area contributed by atoms with Crippen LogP contribution in [-0.2, 0) is 19.2 Å². The number of guanidine groups is 1. The standard InChI is InChI=1S/C14H20N4O4S/c15-14-16-8-7-23-9(13(8)17-14)3-1-2-4-12(21)22-18-10(19)5-6-11(18)20/h8-9,13H,1-7H2,(H3,15,16,17)/t8?,9-,13?/m0/s1. The van der Waals surface area contributed by atoms with E-state index in [2.05, 4.69) is 10.3 Å². The first kappa shape index (κ1) is 16.1. The molecule has 3 rings (SSSR count). The number of imide groups is 1. The van der Waals surface area contributed by atoms with Crippen LogP contribution in [0.25, 0.3) is 0 Å². The first-order valence-corrected chi connectivity index (χ1v) is 8.87. The number of thioether (sulfide) groups is 1. The molecular weight excluding hydrogens is 320 g/mol. The van der Waals surface area contributed by atoms with Crippen molar-refractivity contribution in [1.29, 1.82) is 0 Å². The van der Waals surface area contributed by atoms with Crippen molar-refractivity contribution in [2.45, 2.75) is 55.9 Å². The van der Waals surface area contributed by atoms with Gasteiger partial charge < -0.3 is 15.9 Å². The number of hydrogen-bond acceptors (Lipinski definition) is 8. The van der Waals surface area contributed by atoms with E-state index in [9.17, 15) is 14.4 Å². The van der Waals surface area contributed by atoms with Crippen LogP contribution in [0.15, 0.2) is 4.99 Å².